The smallest absolute Gasteiger partial charge is 0.319 e. The number of nitrogens with zero attached hydrogens (tertiary/aromatic N) is 3. The number of nitrogens with two attached hydrogens (primary N) is 1. The molecule has 0 radical (unpaired) electrons. The van der Waals surface area contributed by atoms with Crippen molar-refractivity contribution in [1.29, 1.82) is 0 Å². The molecular formula is C23H21N7O4. The van der Waals surface area contributed by atoms with E-state index in [2.05, 4.69) is 31.1 Å². The molecule has 0 saturated heterocycles. The molecular weight excluding hydrogens is 438 g/mol. The van der Waals surface area contributed by atoms with E-state index >= 15 is 0 Å². The van der Waals surface area contributed by atoms with E-state index < -0.39 is 6.03 Å². The zero-order valence-corrected chi connectivity index (χ0v) is 18.3. The van der Waals surface area contributed by atoms with Crippen LogP contribution in [0.15, 0.2) is 60.9 Å². The molecule has 172 valence electrons. The third-order valence-electron chi connectivity index (χ3n) is 4.82. The Balaban J connectivity index is 1.51. The van der Waals surface area contributed by atoms with Crippen LogP contribution in [0.4, 0.5) is 16.2 Å². The summed E-state index contributed by atoms with van der Waals surface area (Å²) in [6.07, 6.45) is 3.10. The van der Waals surface area contributed by atoms with Crippen molar-refractivity contribution in [2.75, 3.05) is 25.0 Å². The summed E-state index contributed by atoms with van der Waals surface area (Å²) in [6, 6.07) is 13.6. The molecule has 0 unspecified atom stereocenters. The summed E-state index contributed by atoms with van der Waals surface area (Å²) in [4.78, 5) is 36.4. The van der Waals surface area contributed by atoms with Gasteiger partial charge in [-0.1, -0.05) is 18.2 Å². The Morgan fingerprint density at radius 3 is 2.53 bits per heavy atom. The summed E-state index contributed by atoms with van der Waals surface area (Å²) in [5, 5.41) is 3.24. The van der Waals surface area contributed by atoms with Crippen LogP contribution in [0.2, 0.25) is 0 Å². The van der Waals surface area contributed by atoms with Crippen LogP contribution in [-0.4, -0.2) is 41.1 Å². The molecule has 0 spiro atoms. The Hall–Kier alpha value is -4.93. The quantitative estimate of drug-likeness (QED) is 0.308. The SMILES string of the molecule is COc1ncc(-c2ccc3cc(C(=O)NNc4cccc(NC(N)=O)c4)cnc3c2)c(OC)n1. The highest BCUT2D eigenvalue weighted by Crippen LogP contribution is 2.30. The molecule has 3 amide bonds. The van der Waals surface area contributed by atoms with Gasteiger partial charge in [0, 0.05) is 23.5 Å². The standard InChI is InChI=1S/C23H21N7O4/c1-33-21-18(12-26-23(28-21)34-2)13-6-7-14-8-15(11-25-19(14)9-13)20(31)30-29-17-5-3-4-16(10-17)27-22(24)32/h3-12,29H,1-2H3,(H,30,31)(H3,24,27,32). The highest BCUT2D eigenvalue weighted by Gasteiger charge is 2.13. The van der Waals surface area contributed by atoms with E-state index in [4.69, 9.17) is 15.2 Å². The molecule has 0 aliphatic carbocycles. The third-order valence-corrected chi connectivity index (χ3v) is 4.82. The van der Waals surface area contributed by atoms with E-state index in [1.54, 1.807) is 36.5 Å². The first-order valence-electron chi connectivity index (χ1n) is 10.0. The summed E-state index contributed by atoms with van der Waals surface area (Å²) in [7, 11) is 3.00. The fraction of sp³-hybridized carbons (Fsp3) is 0.0870. The Morgan fingerprint density at radius 2 is 1.76 bits per heavy atom. The Bertz CT molecular complexity index is 1380. The highest BCUT2D eigenvalue weighted by atomic mass is 16.5. The zero-order chi connectivity index (χ0) is 24.1. The number of fused-ring (bicyclic) bond motifs is 1. The topological polar surface area (TPSA) is 153 Å². The number of amides is 3. The number of nitrogens with one attached hydrogen (secondary N) is 3. The van der Waals surface area contributed by atoms with Crippen LogP contribution >= 0.6 is 0 Å². The number of urea groups is 1. The zero-order valence-electron chi connectivity index (χ0n) is 18.3. The van der Waals surface area contributed by atoms with Gasteiger partial charge in [-0.05, 0) is 35.9 Å². The molecule has 5 N–H and O–H groups in total. The van der Waals surface area contributed by atoms with Gasteiger partial charge in [-0.25, -0.2) is 9.78 Å². The first-order valence-corrected chi connectivity index (χ1v) is 10.0. The summed E-state index contributed by atoms with van der Waals surface area (Å²) >= 11 is 0. The second-order valence-electron chi connectivity index (χ2n) is 7.06. The molecule has 2 heterocycles. The molecule has 34 heavy (non-hydrogen) atoms. The molecule has 0 saturated carbocycles. The van der Waals surface area contributed by atoms with Crippen molar-refractivity contribution in [1.82, 2.24) is 20.4 Å². The number of carbonyl (C=O) groups is 2. The number of aromatic nitrogens is 3. The van der Waals surface area contributed by atoms with Gasteiger partial charge < -0.3 is 20.5 Å². The molecule has 4 rings (SSSR count). The van der Waals surface area contributed by atoms with Crippen LogP contribution in [-0.2, 0) is 0 Å². The lowest BCUT2D eigenvalue weighted by Crippen LogP contribution is -2.29. The highest BCUT2D eigenvalue weighted by molar-refractivity contribution is 5.98. The minimum atomic E-state index is -0.676. The average Bonchev–Trinajstić information content (AvgIpc) is 2.86. The molecule has 0 atom stereocenters. The molecule has 0 bridgehead atoms. The van der Waals surface area contributed by atoms with E-state index in [0.29, 0.717) is 33.9 Å². The second kappa shape index (κ2) is 9.69. The second-order valence-corrected chi connectivity index (χ2v) is 7.06. The van der Waals surface area contributed by atoms with Crippen molar-refractivity contribution in [2.45, 2.75) is 0 Å². The lowest BCUT2D eigenvalue weighted by atomic mass is 10.0. The largest absolute Gasteiger partial charge is 0.480 e. The molecule has 2 aromatic heterocycles. The van der Waals surface area contributed by atoms with Crippen LogP contribution < -0.4 is 31.4 Å². The van der Waals surface area contributed by atoms with Gasteiger partial charge in [0.15, 0.2) is 0 Å². The summed E-state index contributed by atoms with van der Waals surface area (Å²) < 4.78 is 10.4. The van der Waals surface area contributed by atoms with Crippen molar-refractivity contribution in [2.24, 2.45) is 5.73 Å². The van der Waals surface area contributed by atoms with Crippen LogP contribution in [0.5, 0.6) is 11.9 Å². The molecule has 4 aromatic rings. The predicted molar refractivity (Wildman–Crippen MR) is 127 cm³/mol. The van der Waals surface area contributed by atoms with Gasteiger partial charge in [0.1, 0.15) is 0 Å². The van der Waals surface area contributed by atoms with E-state index in [1.807, 2.05) is 18.2 Å². The number of benzene rings is 2. The van der Waals surface area contributed by atoms with Crippen molar-refractivity contribution in [3.8, 4) is 23.0 Å². The monoisotopic (exact) mass is 459 g/mol. The van der Waals surface area contributed by atoms with Gasteiger partial charge in [-0.3, -0.25) is 20.6 Å². The van der Waals surface area contributed by atoms with Crippen LogP contribution in [0.1, 0.15) is 10.4 Å². The molecule has 2 aromatic carbocycles. The maximum absolute atomic E-state index is 12.6. The molecule has 0 aliphatic rings. The Labute approximate surface area is 194 Å². The van der Waals surface area contributed by atoms with Gasteiger partial charge in [0.05, 0.1) is 36.6 Å². The first-order chi connectivity index (χ1) is 16.5. The summed E-state index contributed by atoms with van der Waals surface area (Å²) in [5.74, 6) is 0.000309. The average molecular weight is 459 g/mol. The maximum Gasteiger partial charge on any atom is 0.319 e. The number of carbonyl (C=O) groups excluding carboxylic acids is 2. The fourth-order valence-corrected chi connectivity index (χ4v) is 3.23. The minimum absolute atomic E-state index is 0.208. The van der Waals surface area contributed by atoms with Crippen molar-refractivity contribution in [3.05, 3.63) is 66.5 Å². The number of pyridine rings is 1. The van der Waals surface area contributed by atoms with Gasteiger partial charge in [0.2, 0.25) is 5.88 Å². The number of hydrogen-bond donors (Lipinski definition) is 4. The van der Waals surface area contributed by atoms with E-state index in [9.17, 15) is 9.59 Å². The van der Waals surface area contributed by atoms with Crippen molar-refractivity contribution < 1.29 is 19.1 Å². The minimum Gasteiger partial charge on any atom is -0.480 e. The normalized spacial score (nSPS) is 10.4. The third kappa shape index (κ3) is 4.93. The number of methoxy groups -OCH3 is 2. The van der Waals surface area contributed by atoms with Crippen LogP contribution in [0.25, 0.3) is 22.0 Å². The molecule has 11 heteroatoms. The first kappa shape index (κ1) is 22.3. The van der Waals surface area contributed by atoms with E-state index in [0.717, 1.165) is 10.9 Å². The predicted octanol–water partition coefficient (Wildman–Crippen LogP) is 2.96. The van der Waals surface area contributed by atoms with Crippen molar-refractivity contribution in [3.63, 3.8) is 0 Å². The number of rotatable bonds is 7. The van der Waals surface area contributed by atoms with Crippen LogP contribution in [0.3, 0.4) is 0 Å². The Kier molecular flexibility index (Phi) is 6.35. The lowest BCUT2D eigenvalue weighted by molar-refractivity contribution is 0.0962. The number of anilines is 2. The molecule has 0 fully saturated rings. The molecule has 0 aliphatic heterocycles. The Morgan fingerprint density at radius 1 is 0.941 bits per heavy atom. The van der Waals surface area contributed by atoms with Crippen molar-refractivity contribution >= 4 is 34.2 Å². The van der Waals surface area contributed by atoms with E-state index in [1.165, 1.54) is 20.4 Å². The summed E-state index contributed by atoms with van der Waals surface area (Å²) in [6.45, 7) is 0. The number of ether oxygens (including phenoxy) is 2. The summed E-state index contributed by atoms with van der Waals surface area (Å²) in [5.41, 5.74) is 14.1. The van der Waals surface area contributed by atoms with Gasteiger partial charge in [-0.2, -0.15) is 4.98 Å². The number of primary amides is 1. The molecule has 11 nitrogen and oxygen atoms in total. The van der Waals surface area contributed by atoms with E-state index in [-0.39, 0.29) is 11.9 Å². The maximum atomic E-state index is 12.6. The number of hydrazine groups is 1. The van der Waals surface area contributed by atoms with Gasteiger partial charge in [-0.15, -0.1) is 0 Å². The lowest BCUT2D eigenvalue weighted by Gasteiger charge is -2.11. The number of hydrogen-bond acceptors (Lipinski definition) is 8. The van der Waals surface area contributed by atoms with Crippen LogP contribution in [0, 0.1) is 0 Å². The fourth-order valence-electron chi connectivity index (χ4n) is 3.23. The van der Waals surface area contributed by atoms with Gasteiger partial charge in [0.25, 0.3) is 5.91 Å². The van der Waals surface area contributed by atoms with Gasteiger partial charge >= 0.3 is 12.0 Å².